The third kappa shape index (κ3) is 5.78. The van der Waals surface area contributed by atoms with E-state index in [4.69, 9.17) is 19.2 Å². The van der Waals surface area contributed by atoms with Gasteiger partial charge in [0, 0.05) is 7.11 Å². The summed E-state index contributed by atoms with van der Waals surface area (Å²) in [4.78, 5) is 23.1. The predicted molar refractivity (Wildman–Crippen MR) is 99.5 cm³/mol. The summed E-state index contributed by atoms with van der Waals surface area (Å²) in [5, 5.41) is 10.3. The highest BCUT2D eigenvalue weighted by Gasteiger charge is 2.42. The van der Waals surface area contributed by atoms with Crippen LogP contribution < -0.4 is 0 Å². The molecule has 26 heavy (non-hydrogen) atoms. The van der Waals surface area contributed by atoms with Crippen molar-refractivity contribution in [1.29, 1.82) is 0 Å². The largest absolute Gasteiger partial charge is 0.469 e. The van der Waals surface area contributed by atoms with E-state index in [2.05, 4.69) is 19.9 Å². The topological polar surface area (TPSA) is 74.2 Å². The lowest BCUT2D eigenvalue weighted by atomic mass is 9.80. The number of esters is 1. The van der Waals surface area contributed by atoms with Crippen molar-refractivity contribution in [2.24, 2.45) is 5.92 Å². The molecule has 0 amide bonds. The van der Waals surface area contributed by atoms with Crippen LogP contribution in [0.3, 0.4) is 0 Å². The predicted octanol–water partition coefficient (Wildman–Crippen LogP) is 3.57. The van der Waals surface area contributed by atoms with Gasteiger partial charge in [0.2, 0.25) is 0 Å². The molecule has 0 aliphatic carbocycles. The van der Waals surface area contributed by atoms with E-state index >= 15 is 0 Å². The molecule has 6 heteroatoms. The van der Waals surface area contributed by atoms with Crippen molar-refractivity contribution in [3.63, 3.8) is 0 Å². The SMILES string of the molecule is CCC(=CC1(CC)CC(CC)C(CC(=O)OC)OO1)C(OC)C(O)CC. The Morgan fingerprint density at radius 1 is 1.31 bits per heavy atom. The number of carbonyl (C=O) groups excluding carboxylic acids is 1. The van der Waals surface area contributed by atoms with Gasteiger partial charge >= 0.3 is 5.97 Å². The van der Waals surface area contributed by atoms with Gasteiger partial charge in [-0.25, -0.2) is 9.78 Å². The lowest BCUT2D eigenvalue weighted by molar-refractivity contribution is -0.409. The average Bonchev–Trinajstić information content (AvgIpc) is 2.68. The molecule has 5 unspecified atom stereocenters. The molecule has 0 aromatic carbocycles. The number of aliphatic hydroxyl groups excluding tert-OH is 1. The van der Waals surface area contributed by atoms with Crippen LogP contribution in [-0.2, 0) is 24.0 Å². The summed E-state index contributed by atoms with van der Waals surface area (Å²) in [6.07, 6.45) is 4.78. The number of aliphatic hydroxyl groups is 1. The lowest BCUT2D eigenvalue weighted by Gasteiger charge is -2.42. The molecule has 152 valence electrons. The fourth-order valence-electron chi connectivity index (χ4n) is 3.58. The van der Waals surface area contributed by atoms with Crippen LogP contribution in [0.25, 0.3) is 0 Å². The van der Waals surface area contributed by atoms with Gasteiger partial charge < -0.3 is 14.6 Å². The van der Waals surface area contributed by atoms with Gasteiger partial charge in [-0.05, 0) is 43.3 Å². The zero-order valence-corrected chi connectivity index (χ0v) is 17.1. The molecule has 1 fully saturated rings. The van der Waals surface area contributed by atoms with Crippen molar-refractivity contribution in [2.45, 2.75) is 90.1 Å². The average molecular weight is 373 g/mol. The molecule has 5 atom stereocenters. The van der Waals surface area contributed by atoms with Crippen LogP contribution in [0.5, 0.6) is 0 Å². The Morgan fingerprint density at radius 2 is 2.00 bits per heavy atom. The summed E-state index contributed by atoms with van der Waals surface area (Å²) in [6, 6.07) is 0. The Bertz CT molecular complexity index is 463. The van der Waals surface area contributed by atoms with Gasteiger partial charge in [0.05, 0.1) is 19.6 Å². The van der Waals surface area contributed by atoms with Crippen molar-refractivity contribution >= 4 is 5.97 Å². The molecule has 6 nitrogen and oxygen atoms in total. The van der Waals surface area contributed by atoms with Gasteiger partial charge in [-0.15, -0.1) is 0 Å². The Kier molecular flexibility index (Phi) is 9.79. The number of methoxy groups -OCH3 is 2. The number of carbonyl (C=O) groups is 1. The fraction of sp³-hybridized carbons (Fsp3) is 0.850. The van der Waals surface area contributed by atoms with Crippen LogP contribution in [0.4, 0.5) is 0 Å². The standard InChI is InChI=1S/C20H36O6/c1-7-14-12-20(10-4,26-25-17(14)11-18(22)23-5)13-15(8-2)19(24-6)16(21)9-3/h13-14,16-17,19,21H,7-12H2,1-6H3. The maximum absolute atomic E-state index is 11.6. The summed E-state index contributed by atoms with van der Waals surface area (Å²) in [6.45, 7) is 8.13. The summed E-state index contributed by atoms with van der Waals surface area (Å²) in [5.74, 6) is -0.106. The molecule has 0 bridgehead atoms. The normalized spacial score (nSPS) is 29.3. The van der Waals surface area contributed by atoms with E-state index in [1.807, 2.05) is 13.8 Å². The van der Waals surface area contributed by atoms with E-state index in [1.165, 1.54) is 7.11 Å². The van der Waals surface area contributed by atoms with Crippen LogP contribution in [0.1, 0.15) is 66.2 Å². The summed E-state index contributed by atoms with van der Waals surface area (Å²) < 4.78 is 10.3. The van der Waals surface area contributed by atoms with E-state index < -0.39 is 11.7 Å². The van der Waals surface area contributed by atoms with E-state index in [9.17, 15) is 9.90 Å². The smallest absolute Gasteiger partial charge is 0.308 e. The second-order valence-electron chi connectivity index (χ2n) is 6.99. The van der Waals surface area contributed by atoms with Crippen molar-refractivity contribution in [3.8, 4) is 0 Å². The lowest BCUT2D eigenvalue weighted by Crippen LogP contribution is -2.45. The molecule has 0 saturated carbocycles. The Morgan fingerprint density at radius 3 is 2.46 bits per heavy atom. The van der Waals surface area contributed by atoms with Gasteiger partial charge in [-0.3, -0.25) is 4.79 Å². The van der Waals surface area contributed by atoms with E-state index in [0.717, 1.165) is 31.3 Å². The summed E-state index contributed by atoms with van der Waals surface area (Å²) in [5.41, 5.74) is 0.427. The highest BCUT2D eigenvalue weighted by molar-refractivity contribution is 5.69. The minimum Gasteiger partial charge on any atom is -0.469 e. The van der Waals surface area contributed by atoms with Gasteiger partial charge in [0.1, 0.15) is 17.8 Å². The molecule has 0 aromatic rings. The third-order valence-electron chi connectivity index (χ3n) is 5.43. The Hall–Kier alpha value is -0.950. The number of hydrogen-bond acceptors (Lipinski definition) is 6. The van der Waals surface area contributed by atoms with Crippen LogP contribution in [0.15, 0.2) is 11.6 Å². The van der Waals surface area contributed by atoms with Crippen molar-refractivity contribution < 1.29 is 29.1 Å². The molecule has 1 heterocycles. The molecule has 1 rings (SSSR count). The maximum Gasteiger partial charge on any atom is 0.308 e. The molecule has 0 spiro atoms. The van der Waals surface area contributed by atoms with Gasteiger partial charge in [0.25, 0.3) is 0 Å². The zero-order chi connectivity index (χ0) is 19.7. The van der Waals surface area contributed by atoms with Crippen LogP contribution >= 0.6 is 0 Å². The monoisotopic (exact) mass is 372 g/mol. The zero-order valence-electron chi connectivity index (χ0n) is 17.1. The molecule has 1 saturated heterocycles. The van der Waals surface area contributed by atoms with E-state index in [0.29, 0.717) is 6.42 Å². The molecule has 0 radical (unpaired) electrons. The molecule has 0 aromatic heterocycles. The first-order valence-corrected chi connectivity index (χ1v) is 9.73. The first kappa shape index (κ1) is 23.1. The van der Waals surface area contributed by atoms with Gasteiger partial charge in [0.15, 0.2) is 0 Å². The quantitative estimate of drug-likeness (QED) is 0.359. The molecule has 1 N–H and O–H groups in total. The summed E-state index contributed by atoms with van der Waals surface area (Å²) in [7, 11) is 2.99. The second-order valence-corrected chi connectivity index (χ2v) is 6.99. The maximum atomic E-state index is 11.6. The summed E-state index contributed by atoms with van der Waals surface area (Å²) >= 11 is 0. The fourth-order valence-corrected chi connectivity index (χ4v) is 3.58. The number of hydrogen-bond donors (Lipinski definition) is 1. The molecular formula is C20H36O6. The number of ether oxygens (including phenoxy) is 2. The number of rotatable bonds is 10. The van der Waals surface area contributed by atoms with Crippen molar-refractivity contribution in [3.05, 3.63) is 11.6 Å². The third-order valence-corrected chi connectivity index (χ3v) is 5.43. The van der Waals surface area contributed by atoms with Gasteiger partial charge in [-0.1, -0.05) is 34.1 Å². The molecule has 1 aliphatic rings. The first-order valence-electron chi connectivity index (χ1n) is 9.73. The highest BCUT2D eigenvalue weighted by Crippen LogP contribution is 2.39. The van der Waals surface area contributed by atoms with E-state index in [-0.39, 0.29) is 30.5 Å². The van der Waals surface area contributed by atoms with Crippen LogP contribution in [0, 0.1) is 5.92 Å². The first-order chi connectivity index (χ1) is 12.4. The molecular weight excluding hydrogens is 336 g/mol. The molecule has 1 aliphatic heterocycles. The Labute approximate surface area is 157 Å². The van der Waals surface area contributed by atoms with Crippen LogP contribution in [0.2, 0.25) is 0 Å². The highest BCUT2D eigenvalue weighted by atomic mass is 17.2. The van der Waals surface area contributed by atoms with Crippen molar-refractivity contribution in [1.82, 2.24) is 0 Å². The second kappa shape index (κ2) is 11.0. The van der Waals surface area contributed by atoms with Crippen LogP contribution in [-0.4, -0.2) is 49.2 Å². The van der Waals surface area contributed by atoms with E-state index in [1.54, 1.807) is 7.11 Å². The Balaban J connectivity index is 3.05. The van der Waals surface area contributed by atoms with Crippen molar-refractivity contribution in [2.75, 3.05) is 14.2 Å². The minimum absolute atomic E-state index is 0.189. The minimum atomic E-state index is -0.580. The van der Waals surface area contributed by atoms with Gasteiger partial charge in [-0.2, -0.15) is 0 Å².